The quantitative estimate of drug-likeness (QED) is 0.470. The average molecular weight is 419 g/mol. The molecule has 1 heterocycles. The lowest BCUT2D eigenvalue weighted by molar-refractivity contribution is -0.119. The number of hydrogen-bond acceptors (Lipinski definition) is 6. The number of ether oxygens (including phenoxy) is 3. The van der Waals surface area contributed by atoms with Crippen LogP contribution in [0, 0.1) is 0 Å². The topological polar surface area (TPSA) is 89.5 Å². The van der Waals surface area contributed by atoms with E-state index in [0.717, 1.165) is 16.5 Å². The maximum atomic E-state index is 12.8. The average Bonchev–Trinajstić information content (AvgIpc) is 3.06. The number of anilines is 1. The molecule has 3 aromatic carbocycles. The van der Waals surface area contributed by atoms with Crippen molar-refractivity contribution in [3.8, 4) is 17.2 Å². The Morgan fingerprint density at radius 1 is 1.00 bits per heavy atom. The van der Waals surface area contributed by atoms with Crippen molar-refractivity contribution in [3.05, 3.63) is 59.7 Å². The molecule has 4 rings (SSSR count). The van der Waals surface area contributed by atoms with Crippen molar-refractivity contribution < 1.29 is 23.8 Å². The van der Waals surface area contributed by atoms with E-state index in [1.807, 2.05) is 30.3 Å². The van der Waals surface area contributed by atoms with Crippen molar-refractivity contribution in [1.82, 2.24) is 5.43 Å². The van der Waals surface area contributed by atoms with Gasteiger partial charge in [0.25, 0.3) is 11.8 Å². The molecule has 8 nitrogen and oxygen atoms in total. The van der Waals surface area contributed by atoms with E-state index < -0.39 is 5.91 Å². The van der Waals surface area contributed by atoms with Crippen LogP contribution in [0.1, 0.15) is 15.9 Å². The van der Waals surface area contributed by atoms with Crippen molar-refractivity contribution in [2.24, 2.45) is 5.10 Å². The number of nitrogens with one attached hydrogen (secondary N) is 1. The standard InChI is InChI=1S/C23H21N3O5/c1-29-18-11-10-15(21(30-2)22(18)31-3)12-24-25-19(27)13-26-17-9-5-7-14-6-4-8-16(20(14)17)23(26)28/h4-12H,13H2,1-3H3,(H,25,27)/b24-12-. The van der Waals surface area contributed by atoms with Gasteiger partial charge in [0.15, 0.2) is 11.5 Å². The summed E-state index contributed by atoms with van der Waals surface area (Å²) in [6.07, 6.45) is 1.44. The highest BCUT2D eigenvalue weighted by Crippen LogP contribution is 2.39. The van der Waals surface area contributed by atoms with Crippen LogP contribution in [0.5, 0.6) is 17.2 Å². The smallest absolute Gasteiger partial charge is 0.260 e. The monoisotopic (exact) mass is 419 g/mol. The SMILES string of the molecule is COc1ccc(/C=N\NC(=O)CN2C(=O)c3cccc4cccc2c34)c(OC)c1OC. The largest absolute Gasteiger partial charge is 0.493 e. The van der Waals surface area contributed by atoms with Gasteiger partial charge in [-0.1, -0.05) is 24.3 Å². The first-order chi connectivity index (χ1) is 15.1. The molecule has 0 radical (unpaired) electrons. The zero-order valence-corrected chi connectivity index (χ0v) is 17.3. The van der Waals surface area contributed by atoms with Gasteiger partial charge in [-0.2, -0.15) is 5.10 Å². The van der Waals surface area contributed by atoms with Gasteiger partial charge in [0, 0.05) is 16.5 Å². The summed E-state index contributed by atoms with van der Waals surface area (Å²) in [6.45, 7) is -0.146. The van der Waals surface area contributed by atoms with Gasteiger partial charge in [-0.25, -0.2) is 5.43 Å². The molecule has 1 aliphatic heterocycles. The van der Waals surface area contributed by atoms with Crippen LogP contribution in [0.4, 0.5) is 5.69 Å². The predicted molar refractivity (Wildman–Crippen MR) is 117 cm³/mol. The molecule has 0 aliphatic carbocycles. The van der Waals surface area contributed by atoms with E-state index >= 15 is 0 Å². The Hall–Kier alpha value is -4.07. The summed E-state index contributed by atoms with van der Waals surface area (Å²) >= 11 is 0. The van der Waals surface area contributed by atoms with Crippen LogP contribution < -0.4 is 24.5 Å². The van der Waals surface area contributed by atoms with Crippen LogP contribution >= 0.6 is 0 Å². The fourth-order valence-electron chi connectivity index (χ4n) is 3.71. The van der Waals surface area contributed by atoms with E-state index in [0.29, 0.717) is 28.4 Å². The Labute approximate surface area is 179 Å². The fraction of sp³-hybridized carbons (Fsp3) is 0.174. The Bertz CT molecular complexity index is 1200. The van der Waals surface area contributed by atoms with E-state index in [-0.39, 0.29) is 12.5 Å². The zero-order chi connectivity index (χ0) is 22.0. The van der Waals surface area contributed by atoms with E-state index in [1.165, 1.54) is 32.4 Å². The molecule has 1 aliphatic rings. The van der Waals surface area contributed by atoms with Crippen LogP contribution in [0.2, 0.25) is 0 Å². The molecule has 0 spiro atoms. The summed E-state index contributed by atoms with van der Waals surface area (Å²) < 4.78 is 16.0. The minimum absolute atomic E-state index is 0.146. The molecule has 0 saturated carbocycles. The van der Waals surface area contributed by atoms with Gasteiger partial charge in [0.05, 0.1) is 33.2 Å². The third-order valence-corrected chi connectivity index (χ3v) is 5.08. The third kappa shape index (κ3) is 3.52. The first-order valence-electron chi connectivity index (χ1n) is 9.53. The minimum Gasteiger partial charge on any atom is -0.493 e. The molecule has 0 bridgehead atoms. The number of benzene rings is 3. The van der Waals surface area contributed by atoms with Crippen molar-refractivity contribution in [3.63, 3.8) is 0 Å². The summed E-state index contributed by atoms with van der Waals surface area (Å²) in [6, 6.07) is 14.6. The predicted octanol–water partition coefficient (Wildman–Crippen LogP) is 2.98. The first-order valence-corrected chi connectivity index (χ1v) is 9.53. The molecule has 8 heteroatoms. The third-order valence-electron chi connectivity index (χ3n) is 5.08. The normalized spacial score (nSPS) is 12.5. The van der Waals surface area contributed by atoms with Gasteiger partial charge in [-0.3, -0.25) is 14.5 Å². The molecule has 31 heavy (non-hydrogen) atoms. The lowest BCUT2D eigenvalue weighted by Crippen LogP contribution is -2.37. The molecule has 1 N–H and O–H groups in total. The minimum atomic E-state index is -0.422. The summed E-state index contributed by atoms with van der Waals surface area (Å²) in [5.41, 5.74) is 4.37. The number of nitrogens with zero attached hydrogens (tertiary/aromatic N) is 2. The molecular weight excluding hydrogens is 398 g/mol. The molecule has 0 fully saturated rings. The molecular formula is C23H21N3O5. The maximum absolute atomic E-state index is 12.8. The van der Waals surface area contributed by atoms with E-state index in [9.17, 15) is 9.59 Å². The Morgan fingerprint density at radius 2 is 1.74 bits per heavy atom. The van der Waals surface area contributed by atoms with Crippen molar-refractivity contribution in [1.29, 1.82) is 0 Å². The van der Waals surface area contributed by atoms with Crippen molar-refractivity contribution in [2.75, 3.05) is 32.8 Å². The van der Waals surface area contributed by atoms with Crippen LogP contribution in [0.25, 0.3) is 10.8 Å². The van der Waals surface area contributed by atoms with E-state index in [2.05, 4.69) is 10.5 Å². The second-order valence-corrected chi connectivity index (χ2v) is 6.79. The van der Waals surface area contributed by atoms with Gasteiger partial charge < -0.3 is 14.2 Å². The van der Waals surface area contributed by atoms with E-state index in [4.69, 9.17) is 14.2 Å². The molecule has 158 valence electrons. The molecule has 0 atom stereocenters. The Kier molecular flexibility index (Phi) is 5.44. The highest BCUT2D eigenvalue weighted by molar-refractivity contribution is 6.26. The van der Waals surface area contributed by atoms with Crippen LogP contribution in [0.15, 0.2) is 53.6 Å². The number of amides is 2. The summed E-state index contributed by atoms with van der Waals surface area (Å²) in [5.74, 6) is 0.744. The van der Waals surface area contributed by atoms with Crippen LogP contribution in [-0.2, 0) is 4.79 Å². The second kappa shape index (κ2) is 8.35. The number of hydrazone groups is 1. The lowest BCUT2D eigenvalue weighted by atomic mass is 10.1. The molecule has 0 unspecified atom stereocenters. The summed E-state index contributed by atoms with van der Waals surface area (Å²) in [7, 11) is 4.54. The lowest BCUT2D eigenvalue weighted by Gasteiger charge is -2.16. The maximum Gasteiger partial charge on any atom is 0.260 e. The van der Waals surface area contributed by atoms with Gasteiger partial charge in [0.1, 0.15) is 6.54 Å². The van der Waals surface area contributed by atoms with Crippen molar-refractivity contribution >= 4 is 34.5 Å². The summed E-state index contributed by atoms with van der Waals surface area (Å²) in [4.78, 5) is 26.7. The van der Waals surface area contributed by atoms with Gasteiger partial charge >= 0.3 is 0 Å². The highest BCUT2D eigenvalue weighted by Gasteiger charge is 2.30. The van der Waals surface area contributed by atoms with Crippen LogP contribution in [0.3, 0.4) is 0 Å². The Morgan fingerprint density at radius 3 is 2.45 bits per heavy atom. The Balaban J connectivity index is 1.49. The van der Waals surface area contributed by atoms with Gasteiger partial charge in [0.2, 0.25) is 5.75 Å². The van der Waals surface area contributed by atoms with E-state index in [1.54, 1.807) is 18.2 Å². The first kappa shape index (κ1) is 20.2. The molecule has 2 amide bonds. The summed E-state index contributed by atoms with van der Waals surface area (Å²) in [5, 5.41) is 5.83. The number of rotatable bonds is 7. The van der Waals surface area contributed by atoms with Crippen molar-refractivity contribution in [2.45, 2.75) is 0 Å². The fourth-order valence-corrected chi connectivity index (χ4v) is 3.71. The number of carbonyl (C=O) groups is 2. The number of carbonyl (C=O) groups excluding carboxylic acids is 2. The molecule has 3 aromatic rings. The van der Waals surface area contributed by atoms with Gasteiger partial charge in [-0.05, 0) is 29.7 Å². The number of methoxy groups -OCH3 is 3. The van der Waals surface area contributed by atoms with Gasteiger partial charge in [-0.15, -0.1) is 0 Å². The molecule has 0 aromatic heterocycles. The number of hydrogen-bond donors (Lipinski definition) is 1. The highest BCUT2D eigenvalue weighted by atomic mass is 16.5. The van der Waals surface area contributed by atoms with Crippen LogP contribution in [-0.4, -0.2) is 45.9 Å². The zero-order valence-electron chi connectivity index (χ0n) is 17.3. The second-order valence-electron chi connectivity index (χ2n) is 6.79. The molecule has 0 saturated heterocycles.